The van der Waals surface area contributed by atoms with Gasteiger partial charge in [-0.2, -0.15) is 0 Å². The fourth-order valence-electron chi connectivity index (χ4n) is 3.61. The van der Waals surface area contributed by atoms with Crippen molar-refractivity contribution in [3.63, 3.8) is 0 Å². The van der Waals surface area contributed by atoms with Crippen LogP contribution in [0, 0.1) is 5.92 Å². The van der Waals surface area contributed by atoms with E-state index < -0.39 is 15.1 Å². The van der Waals surface area contributed by atoms with Gasteiger partial charge in [-0.25, -0.2) is 8.42 Å². The Hall–Kier alpha value is -2.61. The van der Waals surface area contributed by atoms with E-state index in [1.54, 1.807) is 35.2 Å². The Morgan fingerprint density at radius 3 is 2.76 bits per heavy atom. The van der Waals surface area contributed by atoms with E-state index in [0.717, 1.165) is 24.1 Å². The quantitative estimate of drug-likeness (QED) is 0.748. The number of nitrogens with zero attached hydrogens (tertiary/aromatic N) is 1. The summed E-state index contributed by atoms with van der Waals surface area (Å²) < 4.78 is 31.1. The van der Waals surface area contributed by atoms with Gasteiger partial charge < -0.3 is 14.6 Å². The molecule has 1 aromatic heterocycles. The number of rotatable bonds is 7. The second kappa shape index (κ2) is 7.67. The smallest absolute Gasteiger partial charge is 0.230 e. The van der Waals surface area contributed by atoms with Crippen LogP contribution in [-0.4, -0.2) is 32.0 Å². The maximum Gasteiger partial charge on any atom is 0.230 e. The third-order valence-corrected chi connectivity index (χ3v) is 7.65. The molecule has 2 aliphatic rings. The highest BCUT2D eigenvalue weighted by Crippen LogP contribution is 2.37. The number of hydrogen-bond donors (Lipinski definition) is 1. The van der Waals surface area contributed by atoms with Gasteiger partial charge in [0.2, 0.25) is 11.8 Å². The van der Waals surface area contributed by atoms with Crippen LogP contribution in [0.5, 0.6) is 0 Å². The van der Waals surface area contributed by atoms with Crippen LogP contribution in [0.2, 0.25) is 0 Å². The first kappa shape index (κ1) is 19.7. The molecule has 0 spiro atoms. The lowest BCUT2D eigenvalue weighted by Gasteiger charge is -2.18. The van der Waals surface area contributed by atoms with Crippen molar-refractivity contribution in [3.8, 4) is 0 Å². The summed E-state index contributed by atoms with van der Waals surface area (Å²) in [4.78, 5) is 26.5. The Morgan fingerprint density at radius 1 is 1.28 bits per heavy atom. The Balaban J connectivity index is 1.43. The van der Waals surface area contributed by atoms with Crippen LogP contribution < -0.4 is 10.2 Å². The van der Waals surface area contributed by atoms with E-state index in [9.17, 15) is 18.0 Å². The molecule has 29 heavy (non-hydrogen) atoms. The lowest BCUT2D eigenvalue weighted by atomic mass is 10.2. The van der Waals surface area contributed by atoms with Gasteiger partial charge in [-0.05, 0) is 62.1 Å². The van der Waals surface area contributed by atoms with E-state index in [0.29, 0.717) is 18.7 Å². The van der Waals surface area contributed by atoms with Crippen molar-refractivity contribution in [1.29, 1.82) is 0 Å². The molecule has 0 radical (unpaired) electrons. The zero-order valence-corrected chi connectivity index (χ0v) is 17.1. The number of hydrogen-bond acceptors (Lipinski definition) is 5. The Labute approximate surface area is 170 Å². The van der Waals surface area contributed by atoms with Crippen LogP contribution in [0.1, 0.15) is 37.5 Å². The Kier molecular flexibility index (Phi) is 5.21. The normalized spacial score (nSPS) is 17.1. The zero-order valence-electron chi connectivity index (χ0n) is 16.3. The lowest BCUT2D eigenvalue weighted by molar-refractivity contribution is -0.121. The molecular formula is C21H24N2O5S. The van der Waals surface area contributed by atoms with E-state index in [1.807, 2.05) is 0 Å². The second-order valence-corrected chi connectivity index (χ2v) is 10.1. The molecule has 1 saturated carbocycles. The third kappa shape index (κ3) is 4.07. The fourth-order valence-corrected chi connectivity index (χ4v) is 5.01. The van der Waals surface area contributed by atoms with Gasteiger partial charge in [-0.1, -0.05) is 0 Å². The maximum absolute atomic E-state index is 13.0. The summed E-state index contributed by atoms with van der Waals surface area (Å²) in [6.45, 7) is 2.36. The summed E-state index contributed by atoms with van der Waals surface area (Å²) in [7, 11) is -3.66. The zero-order chi connectivity index (χ0) is 20.6. The van der Waals surface area contributed by atoms with Crippen LogP contribution >= 0.6 is 0 Å². The van der Waals surface area contributed by atoms with Gasteiger partial charge in [0.25, 0.3) is 0 Å². The van der Waals surface area contributed by atoms with Crippen molar-refractivity contribution in [1.82, 2.24) is 5.32 Å². The number of benzene rings is 1. The molecule has 1 aliphatic carbocycles. The van der Waals surface area contributed by atoms with Crippen molar-refractivity contribution in [2.24, 2.45) is 5.92 Å². The van der Waals surface area contributed by atoms with E-state index in [1.165, 1.54) is 13.2 Å². The molecular weight excluding hydrogens is 392 g/mol. The number of amides is 2. The monoisotopic (exact) mass is 416 g/mol. The van der Waals surface area contributed by atoms with Crippen LogP contribution in [0.4, 0.5) is 5.69 Å². The number of carbonyl (C=O) groups excluding carboxylic acids is 2. The second-order valence-electron chi connectivity index (χ2n) is 7.72. The van der Waals surface area contributed by atoms with Gasteiger partial charge in [0.15, 0.2) is 9.84 Å². The lowest BCUT2D eigenvalue weighted by Crippen LogP contribution is -2.30. The topological polar surface area (TPSA) is 96.7 Å². The van der Waals surface area contributed by atoms with Crippen molar-refractivity contribution < 1.29 is 22.4 Å². The molecule has 2 aromatic rings. The molecule has 8 heteroatoms. The predicted molar refractivity (Wildman–Crippen MR) is 107 cm³/mol. The average molecular weight is 416 g/mol. The highest BCUT2D eigenvalue weighted by molar-refractivity contribution is 7.92. The molecule has 4 rings (SSSR count). The molecule has 0 bridgehead atoms. The highest BCUT2D eigenvalue weighted by Gasteiger charge is 2.37. The molecule has 2 amide bonds. The molecule has 0 saturated heterocycles. The van der Waals surface area contributed by atoms with E-state index >= 15 is 0 Å². The van der Waals surface area contributed by atoms with Crippen molar-refractivity contribution in [2.45, 2.75) is 49.3 Å². The molecule has 154 valence electrons. The predicted octanol–water partition coefficient (Wildman–Crippen LogP) is 2.45. The number of sulfone groups is 1. The number of anilines is 1. The first-order valence-electron chi connectivity index (χ1n) is 9.83. The van der Waals surface area contributed by atoms with Gasteiger partial charge in [-0.3, -0.25) is 9.59 Å². The van der Waals surface area contributed by atoms with Crippen molar-refractivity contribution in [2.75, 3.05) is 11.4 Å². The number of fused-ring (bicyclic) bond motifs is 1. The highest BCUT2D eigenvalue weighted by atomic mass is 32.2. The minimum Gasteiger partial charge on any atom is -0.467 e. The molecule has 1 aromatic carbocycles. The van der Waals surface area contributed by atoms with Gasteiger partial charge in [0, 0.05) is 24.6 Å². The van der Waals surface area contributed by atoms with Crippen LogP contribution in [0.3, 0.4) is 0 Å². The third-order valence-electron chi connectivity index (χ3n) is 5.51. The molecule has 2 heterocycles. The first-order chi connectivity index (χ1) is 13.9. The molecule has 0 unspecified atom stereocenters. The minimum atomic E-state index is -3.66. The molecule has 1 fully saturated rings. The van der Waals surface area contributed by atoms with Crippen molar-refractivity contribution >= 4 is 27.3 Å². The number of nitrogens with one attached hydrogen (secondary N) is 1. The minimum absolute atomic E-state index is 0.129. The van der Waals surface area contributed by atoms with Crippen LogP contribution in [0.25, 0.3) is 0 Å². The molecule has 7 nitrogen and oxygen atoms in total. The fraction of sp³-hybridized carbons (Fsp3) is 0.429. The van der Waals surface area contributed by atoms with E-state index in [4.69, 9.17) is 4.42 Å². The molecule has 1 atom stereocenters. The van der Waals surface area contributed by atoms with Crippen molar-refractivity contribution in [3.05, 3.63) is 47.9 Å². The van der Waals surface area contributed by atoms with Gasteiger partial charge in [-0.15, -0.1) is 0 Å². The van der Waals surface area contributed by atoms with Gasteiger partial charge >= 0.3 is 0 Å². The Morgan fingerprint density at radius 2 is 2.07 bits per heavy atom. The Bertz CT molecular complexity index is 1030. The summed E-state index contributed by atoms with van der Waals surface area (Å²) in [6.07, 6.45) is 3.91. The number of furan rings is 1. The summed E-state index contributed by atoms with van der Waals surface area (Å²) in [6, 6.07) is 8.38. The molecule has 1 N–H and O–H groups in total. The van der Waals surface area contributed by atoms with E-state index in [2.05, 4.69) is 5.32 Å². The average Bonchev–Trinajstić information content (AvgIpc) is 3.25. The van der Waals surface area contributed by atoms with Gasteiger partial charge in [0.1, 0.15) is 5.76 Å². The molecule has 1 aliphatic heterocycles. The van der Waals surface area contributed by atoms with Crippen LogP contribution in [0.15, 0.2) is 45.9 Å². The summed E-state index contributed by atoms with van der Waals surface area (Å²) in [5, 5.41) is 1.82. The summed E-state index contributed by atoms with van der Waals surface area (Å²) in [5.41, 5.74) is 1.68. The number of carbonyl (C=O) groups is 2. The SMILES string of the molecule is C[C@H](CC(=O)NCc1ccco1)S(=O)(=O)c1ccc2c(c1)CCN2C(=O)C1CC1. The van der Waals surface area contributed by atoms with Gasteiger partial charge in [0.05, 0.1) is 23.0 Å². The van der Waals surface area contributed by atoms with E-state index in [-0.39, 0.29) is 35.6 Å². The standard InChI is InChI=1S/C21H24N2O5S/c1-14(11-20(24)22-13-17-3-2-10-28-17)29(26,27)18-6-7-19-16(12-18)8-9-23(19)21(25)15-4-5-15/h2-3,6-7,10,12,14-15H,4-5,8-9,11,13H2,1H3,(H,22,24)/t14-/m1/s1. The largest absolute Gasteiger partial charge is 0.467 e. The maximum atomic E-state index is 13.0. The first-order valence-corrected chi connectivity index (χ1v) is 11.4. The summed E-state index contributed by atoms with van der Waals surface area (Å²) in [5.74, 6) is 0.530. The summed E-state index contributed by atoms with van der Waals surface area (Å²) >= 11 is 0. The van der Waals surface area contributed by atoms with Crippen LogP contribution in [-0.2, 0) is 32.4 Å².